The van der Waals surface area contributed by atoms with E-state index in [0.29, 0.717) is 12.5 Å². The first-order valence-corrected chi connectivity index (χ1v) is 7.57. The van der Waals surface area contributed by atoms with E-state index in [1.807, 2.05) is 12.1 Å². The highest BCUT2D eigenvalue weighted by Gasteiger charge is 2.09. The molecule has 0 aliphatic heterocycles. The van der Waals surface area contributed by atoms with Crippen LogP contribution in [-0.2, 0) is 0 Å². The Labute approximate surface area is 127 Å². The van der Waals surface area contributed by atoms with Gasteiger partial charge >= 0.3 is 0 Å². The molecule has 2 aromatic rings. The first kappa shape index (κ1) is 15.6. The van der Waals surface area contributed by atoms with Gasteiger partial charge in [0.25, 0.3) is 0 Å². The number of nitrogens with one attached hydrogen (secondary N) is 1. The normalized spacial score (nSPS) is 12.5. The second kappa shape index (κ2) is 6.77. The quantitative estimate of drug-likeness (QED) is 0.842. The molecule has 0 heterocycles. The summed E-state index contributed by atoms with van der Waals surface area (Å²) in [6.45, 7) is 9.03. The molecule has 2 rings (SSSR count). The van der Waals surface area contributed by atoms with Crippen molar-refractivity contribution in [2.75, 3.05) is 11.9 Å². The predicted molar refractivity (Wildman–Crippen MR) is 89.9 cm³/mol. The summed E-state index contributed by atoms with van der Waals surface area (Å²) in [6.07, 6.45) is -0.495. The highest BCUT2D eigenvalue weighted by molar-refractivity contribution is 5.56. The van der Waals surface area contributed by atoms with Crippen LogP contribution in [0, 0.1) is 13.8 Å². The number of aliphatic hydroxyl groups is 1. The topological polar surface area (TPSA) is 32.3 Å². The Hall–Kier alpha value is -1.80. The van der Waals surface area contributed by atoms with Crippen LogP contribution in [0.4, 0.5) is 5.69 Å². The Bertz CT molecular complexity index is 567. The summed E-state index contributed by atoms with van der Waals surface area (Å²) < 4.78 is 0. The minimum absolute atomic E-state index is 0.495. The third kappa shape index (κ3) is 3.85. The number of hydrogen-bond donors (Lipinski definition) is 2. The predicted octanol–water partition coefficient (Wildman–Crippen LogP) is 4.57. The lowest BCUT2D eigenvalue weighted by Gasteiger charge is -2.17. The monoisotopic (exact) mass is 283 g/mol. The van der Waals surface area contributed by atoms with Gasteiger partial charge in [0, 0.05) is 12.2 Å². The molecule has 2 nitrogen and oxygen atoms in total. The summed E-state index contributed by atoms with van der Waals surface area (Å²) in [5.74, 6) is 0.518. The van der Waals surface area contributed by atoms with Gasteiger partial charge in [0.15, 0.2) is 0 Å². The SMILES string of the molecule is Cc1cccc(C)c1NCC(O)c1ccc(C(C)C)cc1. The molecule has 0 amide bonds. The van der Waals surface area contributed by atoms with E-state index in [1.54, 1.807) is 0 Å². The van der Waals surface area contributed by atoms with Gasteiger partial charge < -0.3 is 10.4 Å². The van der Waals surface area contributed by atoms with Crippen molar-refractivity contribution < 1.29 is 5.11 Å². The molecule has 0 fully saturated rings. The van der Waals surface area contributed by atoms with E-state index in [1.165, 1.54) is 16.7 Å². The number of aryl methyl sites for hydroxylation is 2. The Balaban J connectivity index is 2.03. The third-order valence-electron chi connectivity index (χ3n) is 3.94. The van der Waals surface area contributed by atoms with Crippen LogP contribution < -0.4 is 5.32 Å². The van der Waals surface area contributed by atoms with Gasteiger partial charge in [-0.3, -0.25) is 0 Å². The average molecular weight is 283 g/mol. The van der Waals surface area contributed by atoms with Crippen LogP contribution in [-0.4, -0.2) is 11.7 Å². The fraction of sp³-hybridized carbons (Fsp3) is 0.368. The largest absolute Gasteiger partial charge is 0.387 e. The maximum atomic E-state index is 10.3. The molecule has 0 saturated carbocycles. The summed E-state index contributed by atoms with van der Waals surface area (Å²) in [6, 6.07) is 14.5. The van der Waals surface area contributed by atoms with E-state index in [0.717, 1.165) is 11.3 Å². The first-order chi connectivity index (χ1) is 9.99. The summed E-state index contributed by atoms with van der Waals surface area (Å²) >= 11 is 0. The van der Waals surface area contributed by atoms with Gasteiger partial charge in [-0.25, -0.2) is 0 Å². The number of anilines is 1. The molecule has 1 atom stereocenters. The van der Waals surface area contributed by atoms with Crippen molar-refractivity contribution in [3.8, 4) is 0 Å². The lowest BCUT2D eigenvalue weighted by atomic mass is 10.00. The summed E-state index contributed by atoms with van der Waals surface area (Å²) in [5.41, 5.74) is 5.79. The number of para-hydroxylation sites is 1. The zero-order valence-corrected chi connectivity index (χ0v) is 13.4. The molecule has 2 heteroatoms. The van der Waals surface area contributed by atoms with Gasteiger partial charge in [-0.05, 0) is 42.0 Å². The molecule has 2 N–H and O–H groups in total. The van der Waals surface area contributed by atoms with E-state index >= 15 is 0 Å². The Morgan fingerprint density at radius 1 is 0.905 bits per heavy atom. The first-order valence-electron chi connectivity index (χ1n) is 7.57. The van der Waals surface area contributed by atoms with Crippen LogP contribution in [0.1, 0.15) is 48.1 Å². The van der Waals surface area contributed by atoms with Gasteiger partial charge in [0.2, 0.25) is 0 Å². The van der Waals surface area contributed by atoms with Crippen molar-refractivity contribution >= 4 is 5.69 Å². The second-order valence-corrected chi connectivity index (χ2v) is 5.98. The minimum atomic E-state index is -0.495. The number of hydrogen-bond acceptors (Lipinski definition) is 2. The third-order valence-corrected chi connectivity index (χ3v) is 3.94. The molecule has 1 unspecified atom stereocenters. The summed E-state index contributed by atoms with van der Waals surface area (Å²) in [5, 5.41) is 13.7. The molecular formula is C19H25NO. The zero-order chi connectivity index (χ0) is 15.4. The van der Waals surface area contributed by atoms with Crippen LogP contribution in [0.3, 0.4) is 0 Å². The lowest BCUT2D eigenvalue weighted by molar-refractivity contribution is 0.191. The van der Waals surface area contributed by atoms with Crippen LogP contribution in [0.5, 0.6) is 0 Å². The molecular weight excluding hydrogens is 258 g/mol. The van der Waals surface area contributed by atoms with E-state index < -0.39 is 6.10 Å². The molecule has 21 heavy (non-hydrogen) atoms. The maximum absolute atomic E-state index is 10.3. The lowest BCUT2D eigenvalue weighted by Crippen LogP contribution is -2.13. The molecule has 0 aliphatic carbocycles. The van der Waals surface area contributed by atoms with Crippen molar-refractivity contribution in [2.24, 2.45) is 0 Å². The minimum Gasteiger partial charge on any atom is -0.387 e. The summed E-state index contributed by atoms with van der Waals surface area (Å²) in [4.78, 5) is 0. The fourth-order valence-electron chi connectivity index (χ4n) is 2.51. The molecule has 0 aliphatic rings. The fourth-order valence-corrected chi connectivity index (χ4v) is 2.51. The van der Waals surface area contributed by atoms with Crippen LogP contribution >= 0.6 is 0 Å². The van der Waals surface area contributed by atoms with Crippen molar-refractivity contribution in [3.63, 3.8) is 0 Å². The smallest absolute Gasteiger partial charge is 0.0962 e. The highest BCUT2D eigenvalue weighted by atomic mass is 16.3. The van der Waals surface area contributed by atoms with Gasteiger partial charge in [-0.15, -0.1) is 0 Å². The Kier molecular flexibility index (Phi) is 5.03. The van der Waals surface area contributed by atoms with Crippen LogP contribution in [0.2, 0.25) is 0 Å². The van der Waals surface area contributed by atoms with Crippen LogP contribution in [0.25, 0.3) is 0 Å². The highest BCUT2D eigenvalue weighted by Crippen LogP contribution is 2.22. The Morgan fingerprint density at radius 3 is 1.95 bits per heavy atom. The number of benzene rings is 2. The van der Waals surface area contributed by atoms with Gasteiger partial charge in [-0.2, -0.15) is 0 Å². The Morgan fingerprint density at radius 2 is 1.43 bits per heavy atom. The van der Waals surface area contributed by atoms with E-state index in [9.17, 15) is 5.11 Å². The van der Waals surface area contributed by atoms with Crippen molar-refractivity contribution in [3.05, 3.63) is 64.7 Å². The molecule has 0 aromatic heterocycles. The van der Waals surface area contributed by atoms with Gasteiger partial charge in [0.05, 0.1) is 6.10 Å². The van der Waals surface area contributed by atoms with Crippen molar-refractivity contribution in [1.29, 1.82) is 0 Å². The number of aliphatic hydroxyl groups excluding tert-OH is 1. The molecule has 0 radical (unpaired) electrons. The molecule has 112 valence electrons. The molecule has 0 spiro atoms. The van der Waals surface area contributed by atoms with Crippen molar-refractivity contribution in [1.82, 2.24) is 0 Å². The van der Waals surface area contributed by atoms with E-state index in [-0.39, 0.29) is 0 Å². The molecule has 0 saturated heterocycles. The average Bonchev–Trinajstić information content (AvgIpc) is 2.46. The van der Waals surface area contributed by atoms with E-state index in [4.69, 9.17) is 0 Å². The van der Waals surface area contributed by atoms with Crippen LogP contribution in [0.15, 0.2) is 42.5 Å². The second-order valence-electron chi connectivity index (χ2n) is 5.98. The number of rotatable bonds is 5. The molecule has 0 bridgehead atoms. The molecule has 2 aromatic carbocycles. The van der Waals surface area contributed by atoms with Crippen molar-refractivity contribution in [2.45, 2.75) is 39.7 Å². The maximum Gasteiger partial charge on any atom is 0.0962 e. The van der Waals surface area contributed by atoms with E-state index in [2.05, 4.69) is 63.3 Å². The van der Waals surface area contributed by atoms with Gasteiger partial charge in [-0.1, -0.05) is 56.3 Å². The van der Waals surface area contributed by atoms with Gasteiger partial charge in [0.1, 0.15) is 0 Å². The zero-order valence-electron chi connectivity index (χ0n) is 13.4. The summed E-state index contributed by atoms with van der Waals surface area (Å²) in [7, 11) is 0. The standard InChI is InChI=1S/C19H25NO/c1-13(2)16-8-10-17(11-9-16)18(21)12-20-19-14(3)6-5-7-15(19)4/h5-11,13,18,20-21H,12H2,1-4H3.